The van der Waals surface area contributed by atoms with Gasteiger partial charge in [0.15, 0.2) is 0 Å². The number of esters is 1. The van der Waals surface area contributed by atoms with Crippen LogP contribution < -0.4 is 5.32 Å². The Labute approximate surface area is 182 Å². The Bertz CT molecular complexity index is 1090. The number of anilines is 1. The Balaban J connectivity index is 1.82. The molecule has 1 fully saturated rings. The van der Waals surface area contributed by atoms with Crippen LogP contribution in [-0.2, 0) is 14.8 Å². The lowest BCUT2D eigenvalue weighted by Gasteiger charge is -2.26. The van der Waals surface area contributed by atoms with Gasteiger partial charge in [-0.15, -0.1) is 0 Å². The van der Waals surface area contributed by atoms with E-state index in [-0.39, 0.29) is 17.2 Å². The molecule has 0 radical (unpaired) electrons. The minimum absolute atomic E-state index is 0.120. The van der Waals surface area contributed by atoms with Crippen LogP contribution in [0.5, 0.6) is 0 Å². The molecule has 2 aromatic rings. The Hall–Kier alpha value is -2.78. The van der Waals surface area contributed by atoms with E-state index in [2.05, 4.69) is 10.3 Å². The van der Waals surface area contributed by atoms with Gasteiger partial charge in [-0.3, -0.25) is 4.79 Å². The van der Waals surface area contributed by atoms with Gasteiger partial charge >= 0.3 is 5.97 Å². The van der Waals surface area contributed by atoms with Crippen molar-refractivity contribution in [3.05, 3.63) is 52.8 Å². The predicted molar refractivity (Wildman–Crippen MR) is 117 cm³/mol. The van der Waals surface area contributed by atoms with Gasteiger partial charge in [-0.25, -0.2) is 18.2 Å². The number of nitrogens with zero attached hydrogens (tertiary/aromatic N) is 2. The maximum atomic E-state index is 13.0. The van der Waals surface area contributed by atoms with Gasteiger partial charge in [0.25, 0.3) is 5.91 Å². The quantitative estimate of drug-likeness (QED) is 0.684. The normalized spacial score (nSPS) is 14.8. The number of hydrogen-bond donors (Lipinski definition) is 1. The summed E-state index contributed by atoms with van der Waals surface area (Å²) < 4.78 is 32.4. The highest BCUT2D eigenvalue weighted by atomic mass is 32.2. The van der Waals surface area contributed by atoms with Crippen LogP contribution in [0, 0.1) is 13.8 Å². The molecule has 2 heterocycles. The van der Waals surface area contributed by atoms with Crippen LogP contribution in [0.4, 0.5) is 5.69 Å². The number of piperidine rings is 1. The molecule has 0 atom stereocenters. The number of hydrogen-bond acceptors (Lipinski definition) is 6. The molecule has 1 aliphatic rings. The highest BCUT2D eigenvalue weighted by molar-refractivity contribution is 7.89. The van der Waals surface area contributed by atoms with Crippen LogP contribution >= 0.6 is 0 Å². The molecule has 8 nitrogen and oxygen atoms in total. The zero-order valence-corrected chi connectivity index (χ0v) is 18.8. The molecule has 0 bridgehead atoms. The predicted octanol–water partition coefficient (Wildman–Crippen LogP) is 3.30. The lowest BCUT2D eigenvalue weighted by molar-refractivity contribution is 0.0524. The average molecular weight is 446 g/mol. The van der Waals surface area contributed by atoms with E-state index in [1.807, 2.05) is 0 Å². The molecule has 1 aromatic heterocycles. The number of pyridine rings is 1. The Morgan fingerprint density at radius 1 is 1.10 bits per heavy atom. The molecule has 1 aliphatic heterocycles. The third kappa shape index (κ3) is 5.11. The molecule has 166 valence electrons. The van der Waals surface area contributed by atoms with Crippen molar-refractivity contribution in [1.29, 1.82) is 0 Å². The highest BCUT2D eigenvalue weighted by Crippen LogP contribution is 2.25. The van der Waals surface area contributed by atoms with Gasteiger partial charge < -0.3 is 10.1 Å². The van der Waals surface area contributed by atoms with E-state index < -0.39 is 21.9 Å². The molecular weight excluding hydrogens is 418 g/mol. The van der Waals surface area contributed by atoms with Crippen molar-refractivity contribution >= 4 is 27.6 Å². The molecule has 1 saturated heterocycles. The largest absolute Gasteiger partial charge is 0.462 e. The number of nitrogens with one attached hydrogen (secondary N) is 1. The second-order valence-corrected chi connectivity index (χ2v) is 9.38. The summed E-state index contributed by atoms with van der Waals surface area (Å²) in [7, 11) is -3.61. The zero-order chi connectivity index (χ0) is 22.6. The number of aromatic nitrogens is 1. The van der Waals surface area contributed by atoms with Crippen LogP contribution in [0.3, 0.4) is 0 Å². The summed E-state index contributed by atoms with van der Waals surface area (Å²) in [5, 5.41) is 2.74. The van der Waals surface area contributed by atoms with Gasteiger partial charge in [0.1, 0.15) is 5.69 Å². The summed E-state index contributed by atoms with van der Waals surface area (Å²) in [4.78, 5) is 29.0. The summed E-state index contributed by atoms with van der Waals surface area (Å²) in [6.45, 7) is 6.39. The third-order valence-electron chi connectivity index (χ3n) is 5.22. The van der Waals surface area contributed by atoms with Crippen LogP contribution in [0.1, 0.15) is 58.3 Å². The first-order chi connectivity index (χ1) is 14.7. The lowest BCUT2D eigenvalue weighted by atomic mass is 10.1. The third-order valence-corrected chi connectivity index (χ3v) is 7.12. The van der Waals surface area contributed by atoms with Crippen molar-refractivity contribution in [2.75, 3.05) is 25.0 Å². The molecule has 1 N–H and O–H groups in total. The molecule has 0 spiro atoms. The number of carbonyl (C=O) groups excluding carboxylic acids is 2. The molecule has 1 aromatic carbocycles. The summed E-state index contributed by atoms with van der Waals surface area (Å²) >= 11 is 0. The molecule has 1 amide bonds. The summed E-state index contributed by atoms with van der Waals surface area (Å²) in [6.07, 6.45) is 2.73. The van der Waals surface area contributed by atoms with E-state index in [0.29, 0.717) is 30.0 Å². The number of aryl methyl sites for hydroxylation is 2. The van der Waals surface area contributed by atoms with Gasteiger partial charge in [0, 0.05) is 18.8 Å². The monoisotopic (exact) mass is 445 g/mol. The van der Waals surface area contributed by atoms with Crippen LogP contribution in [0.25, 0.3) is 0 Å². The van der Waals surface area contributed by atoms with Crippen molar-refractivity contribution in [2.45, 2.75) is 44.9 Å². The smallest absolute Gasteiger partial charge is 0.339 e. The SMILES string of the molecule is CCOC(=O)c1ccc(C(=O)Nc2cc(S(=O)(=O)N3CCCCC3)ccc2C)nc1C. The average Bonchev–Trinajstić information content (AvgIpc) is 2.75. The fraction of sp³-hybridized carbons (Fsp3) is 0.409. The minimum Gasteiger partial charge on any atom is -0.462 e. The van der Waals surface area contributed by atoms with Gasteiger partial charge in [0.05, 0.1) is 22.8 Å². The molecule has 3 rings (SSSR count). The number of rotatable bonds is 6. The maximum Gasteiger partial charge on any atom is 0.339 e. The number of benzene rings is 1. The second-order valence-electron chi connectivity index (χ2n) is 7.45. The van der Waals surface area contributed by atoms with E-state index in [1.54, 1.807) is 32.9 Å². The standard InChI is InChI=1S/C22H27N3O5S/c1-4-30-22(27)18-10-11-19(23-16(18)3)21(26)24-20-14-17(9-8-15(20)2)31(28,29)25-12-6-5-7-13-25/h8-11,14H,4-7,12-13H2,1-3H3,(H,24,26). The van der Waals surface area contributed by atoms with Gasteiger partial charge in [-0.05, 0) is 63.4 Å². The number of carbonyl (C=O) groups is 2. The molecular formula is C22H27N3O5S. The first-order valence-corrected chi connectivity index (χ1v) is 11.7. The zero-order valence-electron chi connectivity index (χ0n) is 18.0. The first-order valence-electron chi connectivity index (χ1n) is 10.3. The van der Waals surface area contributed by atoms with E-state index in [4.69, 9.17) is 4.74 Å². The van der Waals surface area contributed by atoms with E-state index in [1.165, 1.54) is 22.5 Å². The van der Waals surface area contributed by atoms with Crippen LogP contribution in [-0.4, -0.2) is 49.3 Å². The maximum absolute atomic E-state index is 13.0. The Morgan fingerprint density at radius 2 is 1.81 bits per heavy atom. The summed E-state index contributed by atoms with van der Waals surface area (Å²) in [6, 6.07) is 7.66. The van der Waals surface area contributed by atoms with Crippen molar-refractivity contribution in [1.82, 2.24) is 9.29 Å². The minimum atomic E-state index is -3.61. The van der Waals surface area contributed by atoms with Crippen LogP contribution in [0.2, 0.25) is 0 Å². The van der Waals surface area contributed by atoms with E-state index in [9.17, 15) is 18.0 Å². The van der Waals surface area contributed by atoms with Crippen molar-refractivity contribution in [3.8, 4) is 0 Å². The first kappa shape index (κ1) is 22.9. The second kappa shape index (κ2) is 9.57. The van der Waals surface area contributed by atoms with Crippen molar-refractivity contribution in [3.63, 3.8) is 0 Å². The molecule has 0 aliphatic carbocycles. The van der Waals surface area contributed by atoms with Gasteiger partial charge in [-0.2, -0.15) is 4.31 Å². The van der Waals surface area contributed by atoms with E-state index in [0.717, 1.165) is 24.8 Å². The van der Waals surface area contributed by atoms with E-state index >= 15 is 0 Å². The fourth-order valence-electron chi connectivity index (χ4n) is 3.45. The summed E-state index contributed by atoms with van der Waals surface area (Å²) in [5.41, 5.74) is 1.92. The fourth-order valence-corrected chi connectivity index (χ4v) is 4.99. The summed E-state index contributed by atoms with van der Waals surface area (Å²) in [5.74, 6) is -0.986. The highest BCUT2D eigenvalue weighted by Gasteiger charge is 2.26. The lowest BCUT2D eigenvalue weighted by Crippen LogP contribution is -2.35. The van der Waals surface area contributed by atoms with Crippen LogP contribution in [0.15, 0.2) is 35.2 Å². The molecule has 0 saturated carbocycles. The van der Waals surface area contributed by atoms with Gasteiger partial charge in [0.2, 0.25) is 10.0 Å². The number of ether oxygens (including phenoxy) is 1. The number of amides is 1. The molecule has 0 unspecified atom stereocenters. The molecule has 9 heteroatoms. The Kier molecular flexibility index (Phi) is 7.07. The Morgan fingerprint density at radius 3 is 2.45 bits per heavy atom. The van der Waals surface area contributed by atoms with Gasteiger partial charge in [-0.1, -0.05) is 12.5 Å². The molecule has 31 heavy (non-hydrogen) atoms. The number of sulfonamides is 1. The van der Waals surface area contributed by atoms with Crippen molar-refractivity contribution in [2.24, 2.45) is 0 Å². The van der Waals surface area contributed by atoms with Crippen molar-refractivity contribution < 1.29 is 22.7 Å². The topological polar surface area (TPSA) is 106 Å².